The minimum atomic E-state index is 0.898. The summed E-state index contributed by atoms with van der Waals surface area (Å²) in [6, 6.07) is 62.8. The van der Waals surface area contributed by atoms with E-state index in [9.17, 15) is 0 Å². The fourth-order valence-electron chi connectivity index (χ4n) is 6.89. The predicted octanol–water partition coefficient (Wildman–Crippen LogP) is 12.6. The Balaban J connectivity index is 1.20. The molecule has 0 N–H and O–H groups in total. The van der Waals surface area contributed by atoms with E-state index in [2.05, 4.69) is 175 Å². The van der Waals surface area contributed by atoms with Gasteiger partial charge in [-0.1, -0.05) is 115 Å². The molecule has 216 valence electrons. The second-order valence-corrected chi connectivity index (χ2v) is 11.8. The molecule has 0 radical (unpaired) electrons. The van der Waals surface area contributed by atoms with Gasteiger partial charge in [0, 0.05) is 28.0 Å². The van der Waals surface area contributed by atoms with Crippen LogP contribution in [0.4, 0.5) is 17.1 Å². The largest absolute Gasteiger partial charge is 0.456 e. The van der Waals surface area contributed by atoms with Gasteiger partial charge in [0.25, 0.3) is 0 Å². The number of rotatable bonds is 5. The molecule has 8 aromatic carbocycles. The Morgan fingerprint density at radius 3 is 1.85 bits per heavy atom. The number of para-hydroxylation sites is 2. The van der Waals surface area contributed by atoms with E-state index in [1.54, 1.807) is 0 Å². The molecule has 0 atom stereocenters. The van der Waals surface area contributed by atoms with Crippen LogP contribution < -0.4 is 9.64 Å². The second-order valence-electron chi connectivity index (χ2n) is 11.8. The highest BCUT2D eigenvalue weighted by molar-refractivity contribution is 6.06. The van der Waals surface area contributed by atoms with E-state index in [-0.39, 0.29) is 0 Å². The molecule has 9 rings (SSSR count). The molecule has 1 aliphatic heterocycles. The van der Waals surface area contributed by atoms with Crippen molar-refractivity contribution in [2.24, 2.45) is 0 Å². The van der Waals surface area contributed by atoms with Crippen LogP contribution in [0, 0.1) is 0 Å². The molecule has 0 unspecified atom stereocenters. The van der Waals surface area contributed by atoms with Crippen LogP contribution in [0.2, 0.25) is 0 Å². The Labute approximate surface area is 268 Å². The van der Waals surface area contributed by atoms with Crippen molar-refractivity contribution in [3.05, 3.63) is 176 Å². The topological polar surface area (TPSA) is 12.5 Å². The van der Waals surface area contributed by atoms with E-state index < -0.39 is 0 Å². The number of hydrogen-bond acceptors (Lipinski definition) is 2. The molecule has 0 aromatic heterocycles. The van der Waals surface area contributed by atoms with Crippen molar-refractivity contribution in [1.82, 2.24) is 0 Å². The molecule has 1 aliphatic rings. The van der Waals surface area contributed by atoms with Gasteiger partial charge in [-0.05, 0) is 105 Å². The molecule has 0 amide bonds. The van der Waals surface area contributed by atoms with Crippen LogP contribution in [0.1, 0.15) is 0 Å². The van der Waals surface area contributed by atoms with Gasteiger partial charge in [-0.3, -0.25) is 0 Å². The molecular formula is C44H29NO. The minimum Gasteiger partial charge on any atom is -0.456 e. The summed E-state index contributed by atoms with van der Waals surface area (Å²) in [5.41, 5.74) is 10.4. The lowest BCUT2D eigenvalue weighted by atomic mass is 9.90. The third-order valence-corrected chi connectivity index (χ3v) is 8.99. The zero-order valence-corrected chi connectivity index (χ0v) is 25.1. The van der Waals surface area contributed by atoms with E-state index in [4.69, 9.17) is 4.74 Å². The van der Waals surface area contributed by atoms with Crippen LogP contribution in [0.15, 0.2) is 176 Å². The smallest absolute Gasteiger partial charge is 0.135 e. The molecule has 1 heterocycles. The maximum atomic E-state index is 6.30. The van der Waals surface area contributed by atoms with Gasteiger partial charge in [-0.25, -0.2) is 0 Å². The lowest BCUT2D eigenvalue weighted by molar-refractivity contribution is 0.487. The Kier molecular flexibility index (Phi) is 6.17. The lowest BCUT2D eigenvalue weighted by Gasteiger charge is -2.27. The number of fused-ring (bicyclic) bond motifs is 3. The van der Waals surface area contributed by atoms with E-state index >= 15 is 0 Å². The zero-order chi connectivity index (χ0) is 30.5. The summed E-state index contributed by atoms with van der Waals surface area (Å²) in [5.74, 6) is 1.81. The van der Waals surface area contributed by atoms with Gasteiger partial charge in [0.2, 0.25) is 0 Å². The Morgan fingerprint density at radius 1 is 0.348 bits per heavy atom. The summed E-state index contributed by atoms with van der Waals surface area (Å²) in [7, 11) is 0. The number of benzene rings is 8. The van der Waals surface area contributed by atoms with Gasteiger partial charge in [0.1, 0.15) is 11.5 Å². The van der Waals surface area contributed by atoms with Crippen molar-refractivity contribution in [2.45, 2.75) is 0 Å². The van der Waals surface area contributed by atoms with Gasteiger partial charge in [0.05, 0.1) is 0 Å². The molecule has 0 aliphatic carbocycles. The van der Waals surface area contributed by atoms with Gasteiger partial charge >= 0.3 is 0 Å². The van der Waals surface area contributed by atoms with Crippen molar-refractivity contribution >= 4 is 38.6 Å². The van der Waals surface area contributed by atoms with Crippen LogP contribution in [-0.4, -0.2) is 0 Å². The first-order valence-corrected chi connectivity index (χ1v) is 15.7. The highest BCUT2D eigenvalue weighted by atomic mass is 16.5. The van der Waals surface area contributed by atoms with Crippen LogP contribution in [-0.2, 0) is 0 Å². The van der Waals surface area contributed by atoms with E-state index in [0.717, 1.165) is 45.1 Å². The monoisotopic (exact) mass is 587 g/mol. The van der Waals surface area contributed by atoms with E-state index in [1.807, 2.05) is 6.07 Å². The Bertz CT molecular complexity index is 2400. The fraction of sp³-hybridized carbons (Fsp3) is 0. The molecule has 0 saturated carbocycles. The molecule has 0 spiro atoms. The fourth-order valence-corrected chi connectivity index (χ4v) is 6.89. The van der Waals surface area contributed by atoms with Crippen LogP contribution in [0.5, 0.6) is 11.5 Å². The summed E-state index contributed by atoms with van der Waals surface area (Å²) in [5, 5.41) is 4.84. The minimum absolute atomic E-state index is 0.898. The maximum Gasteiger partial charge on any atom is 0.135 e. The first-order chi connectivity index (χ1) is 22.8. The molecule has 2 heteroatoms. The van der Waals surface area contributed by atoms with Crippen molar-refractivity contribution in [3.63, 3.8) is 0 Å². The quantitative estimate of drug-likeness (QED) is 0.199. The predicted molar refractivity (Wildman–Crippen MR) is 193 cm³/mol. The number of nitrogens with zero attached hydrogens (tertiary/aromatic N) is 1. The molecule has 2 nitrogen and oxygen atoms in total. The zero-order valence-electron chi connectivity index (χ0n) is 25.1. The number of anilines is 3. The van der Waals surface area contributed by atoms with Crippen molar-refractivity contribution in [3.8, 4) is 44.9 Å². The van der Waals surface area contributed by atoms with Gasteiger partial charge < -0.3 is 9.64 Å². The number of ether oxygens (including phenoxy) is 1. The van der Waals surface area contributed by atoms with Crippen LogP contribution in [0.3, 0.4) is 0 Å². The normalized spacial score (nSPS) is 11.7. The van der Waals surface area contributed by atoms with E-state index in [1.165, 1.54) is 38.4 Å². The van der Waals surface area contributed by atoms with Gasteiger partial charge in [-0.2, -0.15) is 0 Å². The van der Waals surface area contributed by atoms with Crippen molar-refractivity contribution in [1.29, 1.82) is 0 Å². The third-order valence-electron chi connectivity index (χ3n) is 8.99. The van der Waals surface area contributed by atoms with Gasteiger partial charge in [-0.15, -0.1) is 0 Å². The second kappa shape index (κ2) is 10.8. The summed E-state index contributed by atoms with van der Waals surface area (Å²) >= 11 is 0. The molecule has 0 bridgehead atoms. The van der Waals surface area contributed by atoms with E-state index in [0.29, 0.717) is 0 Å². The highest BCUT2D eigenvalue weighted by Crippen LogP contribution is 2.48. The highest BCUT2D eigenvalue weighted by Gasteiger charge is 2.21. The molecular weight excluding hydrogens is 558 g/mol. The first kappa shape index (κ1) is 26.3. The summed E-state index contributed by atoms with van der Waals surface area (Å²) in [6.07, 6.45) is 0. The van der Waals surface area contributed by atoms with Gasteiger partial charge in [0.15, 0.2) is 0 Å². The standard InChI is InChI=1S/C44H29NO/c1-2-17-35(18-3-1)45(37-20-9-15-32(28-37)39-23-10-13-30-12-4-5-21-38(30)39)36-19-8-14-31(27-36)34-26-33-16-11-25-43-44(33)41(29-34)40-22-6-7-24-42(40)46-43/h1-29H. The molecule has 8 aromatic rings. The SMILES string of the molecule is c1ccc(N(c2cccc(-c3cc4c5c(cccc5c3)Oc3ccccc3-4)c2)c2cccc(-c3cccc4ccccc34)c2)cc1. The first-order valence-electron chi connectivity index (χ1n) is 15.7. The number of hydrogen-bond donors (Lipinski definition) is 0. The summed E-state index contributed by atoms with van der Waals surface area (Å²) in [6.45, 7) is 0. The lowest BCUT2D eigenvalue weighted by Crippen LogP contribution is -2.10. The summed E-state index contributed by atoms with van der Waals surface area (Å²) in [4.78, 5) is 2.35. The molecule has 0 saturated heterocycles. The summed E-state index contributed by atoms with van der Waals surface area (Å²) < 4.78 is 6.30. The van der Waals surface area contributed by atoms with Crippen molar-refractivity contribution < 1.29 is 4.74 Å². The Hall–Kier alpha value is -6.12. The molecule has 0 fully saturated rings. The maximum absolute atomic E-state index is 6.30. The molecule has 46 heavy (non-hydrogen) atoms. The Morgan fingerprint density at radius 2 is 0.957 bits per heavy atom. The van der Waals surface area contributed by atoms with Crippen molar-refractivity contribution in [2.75, 3.05) is 4.90 Å². The average Bonchev–Trinajstić information content (AvgIpc) is 3.12. The third kappa shape index (κ3) is 4.43. The van der Waals surface area contributed by atoms with Crippen LogP contribution >= 0.6 is 0 Å². The van der Waals surface area contributed by atoms with Crippen LogP contribution in [0.25, 0.3) is 54.9 Å². The average molecular weight is 588 g/mol.